The van der Waals surface area contributed by atoms with Gasteiger partial charge in [-0.2, -0.15) is 4.99 Å². The lowest BCUT2D eigenvalue weighted by atomic mass is 10.1. The van der Waals surface area contributed by atoms with Gasteiger partial charge in [0.05, 0.1) is 24.0 Å². The summed E-state index contributed by atoms with van der Waals surface area (Å²) < 4.78 is 24.0. The van der Waals surface area contributed by atoms with Crippen molar-refractivity contribution in [2.24, 2.45) is 4.99 Å². The second-order valence-electron chi connectivity index (χ2n) is 6.29. The van der Waals surface area contributed by atoms with Crippen LogP contribution in [0, 0.1) is 6.92 Å². The molecule has 2 saturated heterocycles. The molecule has 140 valence electrons. The van der Waals surface area contributed by atoms with E-state index in [1.807, 2.05) is 19.1 Å². The van der Waals surface area contributed by atoms with Crippen LogP contribution in [0.25, 0.3) is 0 Å². The van der Waals surface area contributed by atoms with Gasteiger partial charge in [0.2, 0.25) is 5.91 Å². The second-order valence-corrected chi connectivity index (χ2v) is 10.1. The smallest absolute Gasteiger partial charge is 0.303 e. The van der Waals surface area contributed by atoms with Crippen molar-refractivity contribution in [3.63, 3.8) is 0 Å². The van der Waals surface area contributed by atoms with E-state index in [0.717, 1.165) is 5.56 Å². The minimum absolute atomic E-state index is 0.0154. The summed E-state index contributed by atoms with van der Waals surface area (Å²) >= 11 is 7.45. The molecule has 1 amide bonds. The number of aliphatic carboxylic acids is 1. The first kappa shape index (κ1) is 19.2. The SMILES string of the molecule is Cc1ccc(N2C(=NC(=O)CCC(=O)O)S[C@@H]3CS(=O)(=O)C[C@H]32)cc1Cl. The van der Waals surface area contributed by atoms with Crippen molar-refractivity contribution >= 4 is 55.9 Å². The number of amidine groups is 1. The predicted octanol–water partition coefficient (Wildman–Crippen LogP) is 2.11. The number of carbonyl (C=O) groups excluding carboxylic acids is 1. The minimum Gasteiger partial charge on any atom is -0.481 e. The topological polar surface area (TPSA) is 104 Å². The molecule has 1 aromatic carbocycles. The number of aryl methyl sites for hydroxylation is 1. The molecular weight excluding hydrogens is 400 g/mol. The Morgan fingerprint density at radius 2 is 2.08 bits per heavy atom. The number of halogens is 1. The molecule has 26 heavy (non-hydrogen) atoms. The van der Waals surface area contributed by atoms with Gasteiger partial charge < -0.3 is 10.0 Å². The number of sulfone groups is 1. The van der Waals surface area contributed by atoms with Crippen molar-refractivity contribution in [3.8, 4) is 0 Å². The number of amides is 1. The van der Waals surface area contributed by atoms with E-state index >= 15 is 0 Å². The molecule has 0 saturated carbocycles. The van der Waals surface area contributed by atoms with Crippen LogP contribution < -0.4 is 4.90 Å². The minimum atomic E-state index is -3.15. The first-order chi connectivity index (χ1) is 12.2. The van der Waals surface area contributed by atoms with Gasteiger partial charge in [0.15, 0.2) is 15.0 Å². The van der Waals surface area contributed by atoms with E-state index in [9.17, 15) is 18.0 Å². The number of carboxylic acids is 1. The molecule has 2 aliphatic heterocycles. The van der Waals surface area contributed by atoms with Crippen molar-refractivity contribution in [2.75, 3.05) is 16.4 Å². The summed E-state index contributed by atoms with van der Waals surface area (Å²) in [5.41, 5.74) is 1.55. The lowest BCUT2D eigenvalue weighted by Crippen LogP contribution is -2.37. The fourth-order valence-electron chi connectivity index (χ4n) is 2.97. The molecule has 2 fully saturated rings. The molecule has 10 heteroatoms. The fourth-order valence-corrected chi connectivity index (χ4v) is 7.08. The highest BCUT2D eigenvalue weighted by atomic mass is 35.5. The van der Waals surface area contributed by atoms with Gasteiger partial charge in [-0.15, -0.1) is 0 Å². The van der Waals surface area contributed by atoms with Gasteiger partial charge in [0.1, 0.15) is 0 Å². The fraction of sp³-hybridized carbons (Fsp3) is 0.438. The zero-order valence-corrected chi connectivity index (χ0v) is 16.3. The number of thioether (sulfide) groups is 1. The van der Waals surface area contributed by atoms with Gasteiger partial charge in [-0.1, -0.05) is 29.4 Å². The number of hydrogen-bond acceptors (Lipinski definition) is 5. The lowest BCUT2D eigenvalue weighted by molar-refractivity contribution is -0.138. The monoisotopic (exact) mass is 416 g/mol. The number of carboxylic acid groups (broad SMARTS) is 1. The molecular formula is C16H17ClN2O5S2. The number of anilines is 1. The van der Waals surface area contributed by atoms with E-state index in [1.54, 1.807) is 11.0 Å². The number of hydrogen-bond donors (Lipinski definition) is 1. The van der Waals surface area contributed by atoms with Crippen LogP contribution in [-0.2, 0) is 19.4 Å². The molecule has 1 N–H and O–H groups in total. The summed E-state index contributed by atoms with van der Waals surface area (Å²) in [5, 5.41) is 9.41. The highest BCUT2D eigenvalue weighted by Gasteiger charge is 2.49. The Morgan fingerprint density at radius 3 is 2.73 bits per heavy atom. The first-order valence-electron chi connectivity index (χ1n) is 7.92. The van der Waals surface area contributed by atoms with Crippen LogP contribution >= 0.6 is 23.4 Å². The van der Waals surface area contributed by atoms with E-state index < -0.39 is 21.7 Å². The van der Waals surface area contributed by atoms with Gasteiger partial charge in [-0.3, -0.25) is 9.59 Å². The number of benzene rings is 1. The molecule has 2 heterocycles. The second kappa shape index (κ2) is 7.21. The van der Waals surface area contributed by atoms with Crippen LogP contribution in [0.5, 0.6) is 0 Å². The summed E-state index contributed by atoms with van der Waals surface area (Å²) in [7, 11) is -3.15. The lowest BCUT2D eigenvalue weighted by Gasteiger charge is -2.25. The van der Waals surface area contributed by atoms with Crippen molar-refractivity contribution < 1.29 is 23.1 Å². The molecule has 0 radical (unpaired) electrons. The number of fused-ring (bicyclic) bond motifs is 1. The zero-order valence-electron chi connectivity index (χ0n) is 13.9. The van der Waals surface area contributed by atoms with Crippen LogP contribution in [-0.4, -0.2) is 53.4 Å². The van der Waals surface area contributed by atoms with Crippen LogP contribution in [0.15, 0.2) is 23.2 Å². The van der Waals surface area contributed by atoms with E-state index in [4.69, 9.17) is 16.7 Å². The van der Waals surface area contributed by atoms with Crippen molar-refractivity contribution in [1.29, 1.82) is 0 Å². The maximum Gasteiger partial charge on any atom is 0.303 e. The Bertz CT molecular complexity index is 900. The van der Waals surface area contributed by atoms with Crippen LogP contribution in [0.3, 0.4) is 0 Å². The number of carbonyl (C=O) groups is 2. The number of nitrogens with zero attached hydrogens (tertiary/aromatic N) is 2. The maximum absolute atomic E-state index is 12.0. The van der Waals surface area contributed by atoms with E-state index in [0.29, 0.717) is 15.9 Å². The highest BCUT2D eigenvalue weighted by molar-refractivity contribution is 8.16. The Hall–Kier alpha value is -1.58. The Labute approximate surface area is 160 Å². The quantitative estimate of drug-likeness (QED) is 0.801. The van der Waals surface area contributed by atoms with E-state index in [-0.39, 0.29) is 35.6 Å². The standard InChI is InChI=1S/C16H17ClN2O5S2/c1-9-2-3-10(6-11(9)17)19-12-7-26(23,24)8-13(12)25-16(19)18-14(20)4-5-15(21)22/h2-3,6,12-13H,4-5,7-8H2,1H3,(H,21,22)/t12-,13-/m1/s1. The Morgan fingerprint density at radius 1 is 1.35 bits per heavy atom. The third-order valence-electron chi connectivity index (χ3n) is 4.27. The summed E-state index contributed by atoms with van der Waals surface area (Å²) in [4.78, 5) is 28.4. The molecule has 0 unspecified atom stereocenters. The van der Waals surface area contributed by atoms with Crippen LogP contribution in [0.1, 0.15) is 18.4 Å². The molecule has 1 aromatic rings. The molecule has 3 rings (SSSR count). The molecule has 0 aromatic heterocycles. The highest BCUT2D eigenvalue weighted by Crippen LogP contribution is 2.41. The van der Waals surface area contributed by atoms with Gasteiger partial charge in [-0.05, 0) is 24.6 Å². The third kappa shape index (κ3) is 4.05. The molecule has 0 spiro atoms. The summed E-state index contributed by atoms with van der Waals surface area (Å²) in [6.07, 6.45) is -0.493. The van der Waals surface area contributed by atoms with Gasteiger partial charge in [0, 0.05) is 22.4 Å². The van der Waals surface area contributed by atoms with Gasteiger partial charge in [-0.25, -0.2) is 8.42 Å². The number of rotatable bonds is 4. The largest absolute Gasteiger partial charge is 0.481 e. The summed E-state index contributed by atoms with van der Waals surface area (Å²) in [6, 6.07) is 5.03. The van der Waals surface area contributed by atoms with Crippen LogP contribution in [0.2, 0.25) is 5.02 Å². The van der Waals surface area contributed by atoms with Crippen molar-refractivity contribution in [3.05, 3.63) is 28.8 Å². The Kier molecular flexibility index (Phi) is 5.32. The van der Waals surface area contributed by atoms with Gasteiger partial charge >= 0.3 is 5.97 Å². The molecule has 2 aliphatic rings. The molecule has 0 bridgehead atoms. The van der Waals surface area contributed by atoms with Crippen molar-refractivity contribution in [2.45, 2.75) is 31.1 Å². The first-order valence-corrected chi connectivity index (χ1v) is 11.0. The Balaban J connectivity index is 1.94. The van der Waals surface area contributed by atoms with Crippen molar-refractivity contribution in [1.82, 2.24) is 0 Å². The average molecular weight is 417 g/mol. The average Bonchev–Trinajstić information content (AvgIpc) is 2.99. The molecule has 2 atom stereocenters. The van der Waals surface area contributed by atoms with Gasteiger partial charge in [0.25, 0.3) is 0 Å². The normalized spacial score (nSPS) is 25.5. The van der Waals surface area contributed by atoms with E-state index in [1.165, 1.54) is 11.8 Å². The number of aliphatic imine (C=N–C) groups is 1. The summed E-state index contributed by atoms with van der Waals surface area (Å²) in [6.45, 7) is 1.86. The third-order valence-corrected chi connectivity index (χ3v) is 7.89. The zero-order chi connectivity index (χ0) is 19.1. The molecule has 7 nitrogen and oxygen atoms in total. The van der Waals surface area contributed by atoms with E-state index in [2.05, 4.69) is 4.99 Å². The predicted molar refractivity (Wildman–Crippen MR) is 102 cm³/mol. The molecule has 0 aliphatic carbocycles. The van der Waals surface area contributed by atoms with Crippen LogP contribution in [0.4, 0.5) is 5.69 Å². The maximum atomic E-state index is 12.0. The summed E-state index contributed by atoms with van der Waals surface area (Å²) in [5.74, 6) is -1.59.